The molecule has 2 nitrogen and oxygen atoms in total. The minimum Gasteiger partial charge on any atom is -0.497 e. The maximum atomic E-state index is 5.75. The van der Waals surface area contributed by atoms with Crippen molar-refractivity contribution >= 4 is 15.9 Å². The lowest BCUT2D eigenvalue weighted by Crippen LogP contribution is -2.20. The third-order valence-electron chi connectivity index (χ3n) is 2.86. The van der Waals surface area contributed by atoms with Gasteiger partial charge in [0.25, 0.3) is 0 Å². The number of fused-ring (bicyclic) bond motifs is 1. The van der Waals surface area contributed by atoms with Crippen LogP contribution in [0.25, 0.3) is 0 Å². The van der Waals surface area contributed by atoms with Crippen LogP contribution in [0.3, 0.4) is 0 Å². The van der Waals surface area contributed by atoms with Gasteiger partial charge in [0.15, 0.2) is 0 Å². The first-order valence-electron chi connectivity index (χ1n) is 5.11. The van der Waals surface area contributed by atoms with E-state index in [1.54, 1.807) is 7.11 Å². The summed E-state index contributed by atoms with van der Waals surface area (Å²) >= 11 is 3.48. The van der Waals surface area contributed by atoms with Crippen molar-refractivity contribution in [2.24, 2.45) is 0 Å². The standard InChI is InChI=1S/C12H15BrO2/c1-8-7-15-12(6-13)10-4-3-9(14-2)5-11(8)10/h3-5,8,12H,6-7H2,1-2H3. The molecule has 15 heavy (non-hydrogen) atoms. The van der Waals surface area contributed by atoms with Crippen LogP contribution in [0, 0.1) is 0 Å². The lowest BCUT2D eigenvalue weighted by molar-refractivity contribution is 0.0467. The van der Waals surface area contributed by atoms with Gasteiger partial charge in [0.1, 0.15) is 5.75 Å². The SMILES string of the molecule is COc1ccc2c(c1)C(C)COC2CBr. The summed E-state index contributed by atoms with van der Waals surface area (Å²) < 4.78 is 11.0. The van der Waals surface area contributed by atoms with Crippen LogP contribution < -0.4 is 4.74 Å². The zero-order chi connectivity index (χ0) is 10.8. The molecular formula is C12H15BrO2. The number of ether oxygens (including phenoxy) is 2. The van der Waals surface area contributed by atoms with Crippen LogP contribution in [-0.2, 0) is 4.74 Å². The van der Waals surface area contributed by atoms with Gasteiger partial charge < -0.3 is 9.47 Å². The van der Waals surface area contributed by atoms with Gasteiger partial charge in [-0.1, -0.05) is 28.9 Å². The Hall–Kier alpha value is -0.540. The van der Waals surface area contributed by atoms with Crippen LogP contribution >= 0.6 is 15.9 Å². The smallest absolute Gasteiger partial charge is 0.119 e. The molecule has 0 N–H and O–H groups in total. The van der Waals surface area contributed by atoms with Gasteiger partial charge in [-0.2, -0.15) is 0 Å². The molecule has 1 aromatic carbocycles. The van der Waals surface area contributed by atoms with Crippen molar-refractivity contribution in [2.45, 2.75) is 18.9 Å². The second-order valence-corrected chi connectivity index (χ2v) is 4.52. The fourth-order valence-electron chi connectivity index (χ4n) is 1.97. The molecule has 1 aliphatic heterocycles. The first-order chi connectivity index (χ1) is 7.26. The molecule has 0 saturated carbocycles. The summed E-state index contributed by atoms with van der Waals surface area (Å²) in [4.78, 5) is 0. The molecule has 0 bridgehead atoms. The molecule has 3 heteroatoms. The van der Waals surface area contributed by atoms with Gasteiger partial charge in [-0.3, -0.25) is 0 Å². The van der Waals surface area contributed by atoms with E-state index in [0.29, 0.717) is 5.92 Å². The molecule has 1 aromatic rings. The van der Waals surface area contributed by atoms with E-state index in [4.69, 9.17) is 9.47 Å². The van der Waals surface area contributed by atoms with Crippen LogP contribution in [-0.4, -0.2) is 19.0 Å². The molecule has 2 unspecified atom stereocenters. The van der Waals surface area contributed by atoms with Crippen molar-refractivity contribution < 1.29 is 9.47 Å². The zero-order valence-electron chi connectivity index (χ0n) is 9.00. The van der Waals surface area contributed by atoms with E-state index in [-0.39, 0.29) is 6.10 Å². The van der Waals surface area contributed by atoms with Crippen LogP contribution in [0.4, 0.5) is 0 Å². The number of hydrogen-bond acceptors (Lipinski definition) is 2. The first-order valence-corrected chi connectivity index (χ1v) is 6.23. The molecular weight excluding hydrogens is 256 g/mol. The fourth-order valence-corrected chi connectivity index (χ4v) is 2.50. The van der Waals surface area contributed by atoms with E-state index in [9.17, 15) is 0 Å². The Morgan fingerprint density at radius 3 is 2.93 bits per heavy atom. The number of halogens is 1. The lowest BCUT2D eigenvalue weighted by Gasteiger charge is -2.29. The van der Waals surface area contributed by atoms with Crippen molar-refractivity contribution in [2.75, 3.05) is 19.0 Å². The number of methoxy groups -OCH3 is 1. The van der Waals surface area contributed by atoms with E-state index in [2.05, 4.69) is 35.0 Å². The summed E-state index contributed by atoms with van der Waals surface area (Å²) in [5.74, 6) is 1.38. The Morgan fingerprint density at radius 2 is 2.27 bits per heavy atom. The Balaban J connectivity index is 2.42. The summed E-state index contributed by atoms with van der Waals surface area (Å²) in [6, 6.07) is 6.23. The molecule has 1 heterocycles. The van der Waals surface area contributed by atoms with Crippen LogP contribution in [0.15, 0.2) is 18.2 Å². The molecule has 0 aliphatic carbocycles. The van der Waals surface area contributed by atoms with Gasteiger partial charge in [-0.25, -0.2) is 0 Å². The second kappa shape index (κ2) is 4.54. The maximum Gasteiger partial charge on any atom is 0.119 e. The van der Waals surface area contributed by atoms with E-state index in [0.717, 1.165) is 17.7 Å². The molecule has 2 atom stereocenters. The Labute approximate surface area is 98.7 Å². The largest absolute Gasteiger partial charge is 0.497 e. The summed E-state index contributed by atoms with van der Waals surface area (Å²) in [7, 11) is 1.70. The zero-order valence-corrected chi connectivity index (χ0v) is 10.6. The monoisotopic (exact) mass is 270 g/mol. The summed E-state index contributed by atoms with van der Waals surface area (Å²) in [6.07, 6.45) is 0.183. The highest BCUT2D eigenvalue weighted by Crippen LogP contribution is 2.36. The van der Waals surface area contributed by atoms with Gasteiger partial charge in [0, 0.05) is 11.2 Å². The van der Waals surface area contributed by atoms with E-state index in [1.165, 1.54) is 11.1 Å². The highest BCUT2D eigenvalue weighted by molar-refractivity contribution is 9.09. The molecule has 0 aromatic heterocycles. The third-order valence-corrected chi connectivity index (χ3v) is 3.45. The van der Waals surface area contributed by atoms with Crippen molar-refractivity contribution in [3.05, 3.63) is 29.3 Å². The van der Waals surface area contributed by atoms with Gasteiger partial charge in [0.05, 0.1) is 19.8 Å². The topological polar surface area (TPSA) is 18.5 Å². The summed E-state index contributed by atoms with van der Waals surface area (Å²) in [5, 5.41) is 0.846. The van der Waals surface area contributed by atoms with Crippen molar-refractivity contribution in [3.63, 3.8) is 0 Å². The quantitative estimate of drug-likeness (QED) is 0.769. The average molecular weight is 271 g/mol. The molecule has 0 radical (unpaired) electrons. The molecule has 1 aliphatic rings. The van der Waals surface area contributed by atoms with Crippen LogP contribution in [0.2, 0.25) is 0 Å². The summed E-state index contributed by atoms with van der Waals surface area (Å²) in [6.45, 7) is 2.97. The average Bonchev–Trinajstić information content (AvgIpc) is 2.29. The maximum absolute atomic E-state index is 5.75. The number of hydrogen-bond donors (Lipinski definition) is 0. The van der Waals surface area contributed by atoms with Crippen LogP contribution in [0.1, 0.15) is 30.1 Å². The van der Waals surface area contributed by atoms with Crippen LogP contribution in [0.5, 0.6) is 5.75 Å². The lowest BCUT2D eigenvalue weighted by atomic mass is 9.91. The molecule has 0 fully saturated rings. The Morgan fingerprint density at radius 1 is 1.47 bits per heavy atom. The van der Waals surface area contributed by atoms with Crippen molar-refractivity contribution in [1.82, 2.24) is 0 Å². The van der Waals surface area contributed by atoms with E-state index in [1.807, 2.05) is 6.07 Å². The van der Waals surface area contributed by atoms with Gasteiger partial charge in [-0.05, 0) is 23.3 Å². The number of benzene rings is 1. The van der Waals surface area contributed by atoms with E-state index >= 15 is 0 Å². The molecule has 0 amide bonds. The van der Waals surface area contributed by atoms with Gasteiger partial charge >= 0.3 is 0 Å². The van der Waals surface area contributed by atoms with Crippen molar-refractivity contribution in [1.29, 1.82) is 0 Å². The molecule has 0 saturated heterocycles. The molecule has 82 valence electrons. The highest BCUT2D eigenvalue weighted by Gasteiger charge is 2.24. The van der Waals surface area contributed by atoms with E-state index < -0.39 is 0 Å². The normalized spacial score (nSPS) is 24.7. The molecule has 2 rings (SSSR count). The Bertz CT molecular complexity index is 351. The summed E-state index contributed by atoms with van der Waals surface area (Å²) in [5.41, 5.74) is 2.64. The van der Waals surface area contributed by atoms with Crippen molar-refractivity contribution in [3.8, 4) is 5.75 Å². The Kier molecular flexibility index (Phi) is 3.32. The molecule has 0 spiro atoms. The highest BCUT2D eigenvalue weighted by atomic mass is 79.9. The minimum atomic E-state index is 0.183. The predicted octanol–water partition coefficient (Wildman–Crippen LogP) is 3.26. The third kappa shape index (κ3) is 2.04. The second-order valence-electron chi connectivity index (χ2n) is 3.87. The van der Waals surface area contributed by atoms with Gasteiger partial charge in [-0.15, -0.1) is 0 Å². The first kappa shape index (κ1) is 11.0. The number of rotatable bonds is 2. The fraction of sp³-hybridized carbons (Fsp3) is 0.500. The number of alkyl halides is 1. The van der Waals surface area contributed by atoms with Gasteiger partial charge in [0.2, 0.25) is 0 Å². The minimum absolute atomic E-state index is 0.183. The predicted molar refractivity (Wildman–Crippen MR) is 63.9 cm³/mol.